The van der Waals surface area contributed by atoms with Crippen LogP contribution in [0.1, 0.15) is 19.4 Å². The molecule has 27 heavy (non-hydrogen) atoms. The number of aromatic nitrogens is 2. The zero-order valence-electron chi connectivity index (χ0n) is 15.8. The molecule has 2 aromatic carbocycles. The molecule has 1 heterocycles. The fraction of sp³-hybridized carbons (Fsp3) is 0.238. The van der Waals surface area contributed by atoms with Crippen LogP contribution < -0.4 is 15.5 Å². The molecule has 0 saturated heterocycles. The van der Waals surface area contributed by atoms with Gasteiger partial charge in [-0.05, 0) is 68.8 Å². The molecule has 0 fully saturated rings. The molecule has 0 spiro atoms. The van der Waals surface area contributed by atoms with Gasteiger partial charge in [-0.15, -0.1) is 0 Å². The van der Waals surface area contributed by atoms with Crippen LogP contribution in [0.25, 0.3) is 0 Å². The van der Waals surface area contributed by atoms with E-state index >= 15 is 0 Å². The van der Waals surface area contributed by atoms with Gasteiger partial charge >= 0.3 is 0 Å². The Bertz CT molecular complexity index is 891. The molecule has 3 rings (SSSR count). The molecular formula is C21H24ClN5. The van der Waals surface area contributed by atoms with E-state index in [1.54, 1.807) is 6.20 Å². The van der Waals surface area contributed by atoms with Gasteiger partial charge in [0.05, 0.1) is 0 Å². The highest BCUT2D eigenvalue weighted by molar-refractivity contribution is 6.31. The lowest BCUT2D eigenvalue weighted by molar-refractivity contribution is 0.866. The van der Waals surface area contributed by atoms with Crippen molar-refractivity contribution in [3.05, 3.63) is 65.3 Å². The third kappa shape index (κ3) is 4.89. The molecule has 0 atom stereocenters. The molecule has 0 saturated carbocycles. The summed E-state index contributed by atoms with van der Waals surface area (Å²) in [5.41, 5.74) is 4.08. The van der Waals surface area contributed by atoms with Crippen molar-refractivity contribution in [2.75, 3.05) is 28.6 Å². The van der Waals surface area contributed by atoms with E-state index in [9.17, 15) is 0 Å². The first-order valence-electron chi connectivity index (χ1n) is 9.07. The van der Waals surface area contributed by atoms with Crippen LogP contribution in [0.15, 0.2) is 54.7 Å². The SMILES string of the molecule is CCN(CC)c1ccc(Nc2ccnc(Nc3ccc(C)c(Cl)c3)n2)cc1. The summed E-state index contributed by atoms with van der Waals surface area (Å²) in [6.07, 6.45) is 1.72. The fourth-order valence-electron chi connectivity index (χ4n) is 2.78. The van der Waals surface area contributed by atoms with Crippen molar-refractivity contribution in [2.45, 2.75) is 20.8 Å². The van der Waals surface area contributed by atoms with Gasteiger partial charge in [-0.25, -0.2) is 4.98 Å². The van der Waals surface area contributed by atoms with Gasteiger partial charge in [-0.1, -0.05) is 17.7 Å². The number of benzene rings is 2. The summed E-state index contributed by atoms with van der Waals surface area (Å²) in [7, 11) is 0. The molecule has 2 N–H and O–H groups in total. The summed E-state index contributed by atoms with van der Waals surface area (Å²) in [6.45, 7) is 8.28. The van der Waals surface area contributed by atoms with E-state index in [2.05, 4.69) is 63.6 Å². The normalized spacial score (nSPS) is 10.5. The Labute approximate surface area is 165 Å². The molecule has 140 valence electrons. The molecule has 0 aliphatic carbocycles. The molecule has 0 aliphatic heterocycles. The minimum Gasteiger partial charge on any atom is -0.372 e. The maximum absolute atomic E-state index is 6.18. The molecule has 0 bridgehead atoms. The smallest absolute Gasteiger partial charge is 0.229 e. The Kier molecular flexibility index (Phi) is 6.14. The molecule has 3 aromatic rings. The van der Waals surface area contributed by atoms with Crippen LogP contribution in [0, 0.1) is 6.92 Å². The Balaban J connectivity index is 1.71. The van der Waals surface area contributed by atoms with Crippen LogP contribution in [0.4, 0.5) is 28.8 Å². The van der Waals surface area contributed by atoms with Crippen molar-refractivity contribution in [3.63, 3.8) is 0 Å². The van der Waals surface area contributed by atoms with Gasteiger partial charge in [0.1, 0.15) is 5.82 Å². The van der Waals surface area contributed by atoms with E-state index in [0.29, 0.717) is 11.0 Å². The number of hydrogen-bond acceptors (Lipinski definition) is 5. The van der Waals surface area contributed by atoms with Gasteiger partial charge in [0.15, 0.2) is 0 Å². The van der Waals surface area contributed by atoms with Crippen LogP contribution in [-0.4, -0.2) is 23.1 Å². The Morgan fingerprint density at radius 2 is 1.63 bits per heavy atom. The minimum atomic E-state index is 0.514. The summed E-state index contributed by atoms with van der Waals surface area (Å²) in [4.78, 5) is 11.1. The molecule has 0 unspecified atom stereocenters. The van der Waals surface area contributed by atoms with Gasteiger partial charge in [0.2, 0.25) is 5.95 Å². The van der Waals surface area contributed by atoms with Crippen LogP contribution in [0.3, 0.4) is 0 Å². The van der Waals surface area contributed by atoms with Crippen LogP contribution in [0.2, 0.25) is 5.02 Å². The van der Waals surface area contributed by atoms with E-state index in [0.717, 1.165) is 35.8 Å². The average Bonchev–Trinajstić information content (AvgIpc) is 2.67. The number of aryl methyl sites for hydroxylation is 1. The summed E-state index contributed by atoms with van der Waals surface area (Å²) in [6, 6.07) is 16.0. The molecule has 0 aliphatic rings. The van der Waals surface area contributed by atoms with Crippen LogP contribution in [-0.2, 0) is 0 Å². The summed E-state index contributed by atoms with van der Waals surface area (Å²) in [5, 5.41) is 7.21. The fourth-order valence-corrected chi connectivity index (χ4v) is 2.96. The summed E-state index contributed by atoms with van der Waals surface area (Å²) >= 11 is 6.18. The first-order chi connectivity index (χ1) is 13.1. The number of anilines is 5. The second kappa shape index (κ2) is 8.73. The average molecular weight is 382 g/mol. The van der Waals surface area contributed by atoms with Gasteiger partial charge < -0.3 is 15.5 Å². The van der Waals surface area contributed by atoms with Crippen LogP contribution >= 0.6 is 11.6 Å². The third-order valence-electron chi connectivity index (χ3n) is 4.35. The quantitative estimate of drug-likeness (QED) is 0.544. The highest BCUT2D eigenvalue weighted by Gasteiger charge is 2.04. The van der Waals surface area contributed by atoms with Crippen molar-refractivity contribution >= 4 is 40.4 Å². The predicted molar refractivity (Wildman–Crippen MR) is 115 cm³/mol. The molecule has 5 nitrogen and oxygen atoms in total. The van der Waals surface area contributed by atoms with Gasteiger partial charge in [0.25, 0.3) is 0 Å². The highest BCUT2D eigenvalue weighted by atomic mass is 35.5. The maximum atomic E-state index is 6.18. The monoisotopic (exact) mass is 381 g/mol. The number of nitrogens with zero attached hydrogens (tertiary/aromatic N) is 3. The third-order valence-corrected chi connectivity index (χ3v) is 4.76. The van der Waals surface area contributed by atoms with E-state index in [1.165, 1.54) is 5.69 Å². The number of rotatable bonds is 7. The standard InChI is InChI=1S/C21H24ClN5/c1-4-27(5-2)18-10-8-16(9-11-18)24-20-12-13-23-21(26-20)25-17-7-6-15(3)19(22)14-17/h6-14H,4-5H2,1-3H3,(H2,23,24,25,26). The lowest BCUT2D eigenvalue weighted by Gasteiger charge is -2.21. The largest absolute Gasteiger partial charge is 0.372 e. The van der Waals surface area contributed by atoms with Crippen molar-refractivity contribution in [3.8, 4) is 0 Å². The van der Waals surface area contributed by atoms with Gasteiger partial charge in [-0.3, -0.25) is 0 Å². The molecule has 1 aromatic heterocycles. The molecule has 6 heteroatoms. The summed E-state index contributed by atoms with van der Waals surface area (Å²) in [5.74, 6) is 1.24. The highest BCUT2D eigenvalue weighted by Crippen LogP contribution is 2.23. The Morgan fingerprint density at radius 3 is 2.30 bits per heavy atom. The number of halogens is 1. The lowest BCUT2D eigenvalue weighted by Crippen LogP contribution is -2.21. The van der Waals surface area contributed by atoms with Crippen molar-refractivity contribution in [2.24, 2.45) is 0 Å². The first-order valence-corrected chi connectivity index (χ1v) is 9.45. The number of nitrogens with one attached hydrogen (secondary N) is 2. The molecule has 0 amide bonds. The molecule has 0 radical (unpaired) electrons. The maximum Gasteiger partial charge on any atom is 0.229 e. The first kappa shape index (κ1) is 19.0. The topological polar surface area (TPSA) is 53.1 Å². The predicted octanol–water partition coefficient (Wildman–Crippen LogP) is 5.77. The lowest BCUT2D eigenvalue weighted by atomic mass is 10.2. The van der Waals surface area contributed by atoms with Gasteiger partial charge in [-0.2, -0.15) is 4.98 Å². The zero-order chi connectivity index (χ0) is 19.2. The molecular weight excluding hydrogens is 358 g/mol. The zero-order valence-corrected chi connectivity index (χ0v) is 16.6. The van der Waals surface area contributed by atoms with E-state index in [-0.39, 0.29) is 0 Å². The van der Waals surface area contributed by atoms with Crippen molar-refractivity contribution in [1.82, 2.24) is 9.97 Å². The summed E-state index contributed by atoms with van der Waals surface area (Å²) < 4.78 is 0. The minimum absolute atomic E-state index is 0.514. The van der Waals surface area contributed by atoms with Crippen molar-refractivity contribution in [1.29, 1.82) is 0 Å². The second-order valence-electron chi connectivity index (χ2n) is 6.20. The number of hydrogen-bond donors (Lipinski definition) is 2. The van der Waals surface area contributed by atoms with E-state index < -0.39 is 0 Å². The van der Waals surface area contributed by atoms with E-state index in [4.69, 9.17) is 11.6 Å². The van der Waals surface area contributed by atoms with Crippen molar-refractivity contribution < 1.29 is 0 Å². The van der Waals surface area contributed by atoms with Crippen LogP contribution in [0.5, 0.6) is 0 Å². The Morgan fingerprint density at radius 1 is 0.926 bits per heavy atom. The van der Waals surface area contributed by atoms with Gasteiger partial charge in [0, 0.05) is 41.4 Å². The Hall–Kier alpha value is -2.79. The second-order valence-corrected chi connectivity index (χ2v) is 6.61. The van der Waals surface area contributed by atoms with E-state index in [1.807, 2.05) is 31.2 Å².